The molecule has 2 aromatic rings. The van der Waals surface area contributed by atoms with E-state index in [-0.39, 0.29) is 24.0 Å². The standard InChI is InChI=1S/C15H12F4O/c16-10-4-9(5-11(17)7-10)6-12(20)8-13-14(18)2-1-3-15(13)19/h1-5,7,12,20H,6,8H2. The fraction of sp³-hybridized carbons (Fsp3) is 0.200. The average molecular weight is 284 g/mol. The van der Waals surface area contributed by atoms with Crippen molar-refractivity contribution in [3.8, 4) is 0 Å². The first kappa shape index (κ1) is 14.5. The Kier molecular flexibility index (Phi) is 4.39. The second kappa shape index (κ2) is 6.05. The molecule has 2 rings (SSSR count). The van der Waals surface area contributed by atoms with Crippen LogP contribution in [0.4, 0.5) is 17.6 Å². The molecule has 2 aromatic carbocycles. The molecule has 5 heteroatoms. The van der Waals surface area contributed by atoms with E-state index < -0.39 is 29.4 Å². The van der Waals surface area contributed by atoms with Gasteiger partial charge in [0, 0.05) is 18.1 Å². The SMILES string of the molecule is OC(Cc1cc(F)cc(F)c1)Cc1c(F)cccc1F. The highest BCUT2D eigenvalue weighted by molar-refractivity contribution is 5.22. The maximum absolute atomic E-state index is 13.4. The monoisotopic (exact) mass is 284 g/mol. The smallest absolute Gasteiger partial charge is 0.129 e. The van der Waals surface area contributed by atoms with E-state index in [2.05, 4.69) is 0 Å². The molecule has 1 atom stereocenters. The lowest BCUT2D eigenvalue weighted by atomic mass is 10.0. The third-order valence-corrected chi connectivity index (χ3v) is 2.90. The number of aliphatic hydroxyl groups excluding tert-OH is 1. The van der Waals surface area contributed by atoms with E-state index in [0.29, 0.717) is 6.07 Å². The number of hydrogen-bond acceptors (Lipinski definition) is 1. The maximum Gasteiger partial charge on any atom is 0.129 e. The average Bonchev–Trinajstić information content (AvgIpc) is 2.32. The van der Waals surface area contributed by atoms with Crippen LogP contribution < -0.4 is 0 Å². The normalized spacial score (nSPS) is 12.4. The van der Waals surface area contributed by atoms with Crippen LogP contribution in [0, 0.1) is 23.3 Å². The minimum Gasteiger partial charge on any atom is -0.392 e. The molecule has 0 fully saturated rings. The summed E-state index contributed by atoms with van der Waals surface area (Å²) in [6, 6.07) is 6.27. The zero-order chi connectivity index (χ0) is 14.7. The molecule has 0 aromatic heterocycles. The van der Waals surface area contributed by atoms with Gasteiger partial charge in [-0.2, -0.15) is 0 Å². The topological polar surface area (TPSA) is 20.2 Å². The largest absolute Gasteiger partial charge is 0.392 e. The lowest BCUT2D eigenvalue weighted by Crippen LogP contribution is -2.16. The first-order chi connectivity index (χ1) is 9.45. The molecule has 1 N–H and O–H groups in total. The van der Waals surface area contributed by atoms with Crippen LogP contribution in [0.5, 0.6) is 0 Å². The van der Waals surface area contributed by atoms with Crippen molar-refractivity contribution < 1.29 is 22.7 Å². The Morgan fingerprint density at radius 3 is 1.95 bits per heavy atom. The second-order valence-corrected chi connectivity index (χ2v) is 4.54. The third kappa shape index (κ3) is 3.57. The minimum absolute atomic E-state index is 0.0948. The molecule has 0 bridgehead atoms. The lowest BCUT2D eigenvalue weighted by Gasteiger charge is -2.12. The molecule has 106 valence electrons. The molecule has 0 heterocycles. The van der Waals surface area contributed by atoms with Crippen molar-refractivity contribution in [1.29, 1.82) is 0 Å². The molecular weight excluding hydrogens is 272 g/mol. The Morgan fingerprint density at radius 2 is 1.40 bits per heavy atom. The summed E-state index contributed by atoms with van der Waals surface area (Å²) in [5, 5.41) is 9.81. The highest BCUT2D eigenvalue weighted by Crippen LogP contribution is 2.17. The van der Waals surface area contributed by atoms with Gasteiger partial charge in [-0.15, -0.1) is 0 Å². The van der Waals surface area contributed by atoms with Gasteiger partial charge in [0.15, 0.2) is 0 Å². The van der Waals surface area contributed by atoms with Crippen molar-refractivity contribution >= 4 is 0 Å². The van der Waals surface area contributed by atoms with E-state index in [1.165, 1.54) is 6.07 Å². The van der Waals surface area contributed by atoms with Gasteiger partial charge in [-0.3, -0.25) is 0 Å². The summed E-state index contributed by atoms with van der Waals surface area (Å²) in [6.45, 7) is 0. The minimum atomic E-state index is -1.14. The van der Waals surface area contributed by atoms with Crippen LogP contribution in [0.3, 0.4) is 0 Å². The molecule has 20 heavy (non-hydrogen) atoms. The van der Waals surface area contributed by atoms with Gasteiger partial charge in [-0.1, -0.05) is 6.07 Å². The molecule has 0 aliphatic carbocycles. The van der Waals surface area contributed by atoms with Crippen LogP contribution in [-0.4, -0.2) is 11.2 Å². The molecule has 0 aliphatic rings. The van der Waals surface area contributed by atoms with Crippen molar-refractivity contribution in [3.63, 3.8) is 0 Å². The van der Waals surface area contributed by atoms with E-state index in [9.17, 15) is 22.7 Å². The Labute approximate surface area is 113 Å². The lowest BCUT2D eigenvalue weighted by molar-refractivity contribution is 0.172. The molecule has 0 aliphatic heterocycles. The first-order valence-corrected chi connectivity index (χ1v) is 6.01. The summed E-state index contributed by atoms with van der Waals surface area (Å²) >= 11 is 0. The van der Waals surface area contributed by atoms with E-state index in [1.807, 2.05) is 0 Å². The summed E-state index contributed by atoms with van der Waals surface area (Å²) in [5.41, 5.74) is -0.0105. The van der Waals surface area contributed by atoms with Crippen molar-refractivity contribution in [2.75, 3.05) is 0 Å². The van der Waals surface area contributed by atoms with Crippen molar-refractivity contribution in [3.05, 3.63) is 70.8 Å². The fourth-order valence-electron chi connectivity index (χ4n) is 2.04. The van der Waals surface area contributed by atoms with E-state index in [1.54, 1.807) is 0 Å². The Bertz CT molecular complexity index is 572. The van der Waals surface area contributed by atoms with Gasteiger partial charge < -0.3 is 5.11 Å². The van der Waals surface area contributed by atoms with E-state index in [0.717, 1.165) is 24.3 Å². The number of aliphatic hydroxyl groups is 1. The van der Waals surface area contributed by atoms with Crippen LogP contribution in [0.1, 0.15) is 11.1 Å². The fourth-order valence-corrected chi connectivity index (χ4v) is 2.04. The van der Waals surface area contributed by atoms with Crippen LogP contribution >= 0.6 is 0 Å². The number of benzene rings is 2. The molecular formula is C15H12F4O. The van der Waals surface area contributed by atoms with Crippen LogP contribution in [0.15, 0.2) is 36.4 Å². The van der Waals surface area contributed by atoms with Crippen molar-refractivity contribution in [1.82, 2.24) is 0 Å². The van der Waals surface area contributed by atoms with Gasteiger partial charge in [0.1, 0.15) is 23.3 Å². The van der Waals surface area contributed by atoms with Gasteiger partial charge in [-0.05, 0) is 36.2 Å². The van der Waals surface area contributed by atoms with E-state index in [4.69, 9.17) is 0 Å². The molecule has 0 saturated carbocycles. The van der Waals surface area contributed by atoms with Gasteiger partial charge >= 0.3 is 0 Å². The van der Waals surface area contributed by atoms with Crippen LogP contribution in [0.25, 0.3) is 0 Å². The second-order valence-electron chi connectivity index (χ2n) is 4.54. The van der Waals surface area contributed by atoms with Crippen LogP contribution in [-0.2, 0) is 12.8 Å². The molecule has 0 radical (unpaired) electrons. The zero-order valence-electron chi connectivity index (χ0n) is 10.4. The number of halogens is 4. The molecule has 1 unspecified atom stereocenters. The maximum atomic E-state index is 13.4. The quantitative estimate of drug-likeness (QED) is 0.853. The highest BCUT2D eigenvalue weighted by Gasteiger charge is 2.15. The van der Waals surface area contributed by atoms with Gasteiger partial charge in [0.25, 0.3) is 0 Å². The van der Waals surface area contributed by atoms with Crippen LogP contribution in [0.2, 0.25) is 0 Å². The Morgan fingerprint density at radius 1 is 0.850 bits per heavy atom. The van der Waals surface area contributed by atoms with Gasteiger partial charge in [0.2, 0.25) is 0 Å². The highest BCUT2D eigenvalue weighted by atomic mass is 19.1. The van der Waals surface area contributed by atoms with Gasteiger partial charge in [-0.25, -0.2) is 17.6 Å². The van der Waals surface area contributed by atoms with Crippen molar-refractivity contribution in [2.45, 2.75) is 18.9 Å². The summed E-state index contributed by atoms with van der Waals surface area (Å²) in [7, 11) is 0. The molecule has 0 saturated heterocycles. The molecule has 0 spiro atoms. The predicted molar refractivity (Wildman–Crippen MR) is 66.1 cm³/mol. The molecule has 0 amide bonds. The number of rotatable bonds is 4. The Hall–Kier alpha value is -1.88. The molecule has 1 nitrogen and oxygen atoms in total. The summed E-state index contributed by atoms with van der Waals surface area (Å²) in [6.07, 6.45) is -1.50. The first-order valence-electron chi connectivity index (χ1n) is 6.01. The third-order valence-electron chi connectivity index (χ3n) is 2.90. The summed E-state index contributed by atoms with van der Waals surface area (Å²) < 4.78 is 52.8. The van der Waals surface area contributed by atoms with Crippen molar-refractivity contribution in [2.24, 2.45) is 0 Å². The Balaban J connectivity index is 2.11. The van der Waals surface area contributed by atoms with Gasteiger partial charge in [0.05, 0.1) is 6.10 Å². The zero-order valence-corrected chi connectivity index (χ0v) is 10.4. The summed E-state index contributed by atoms with van der Waals surface area (Å²) in [5.74, 6) is -3.03. The number of hydrogen-bond donors (Lipinski definition) is 1. The summed E-state index contributed by atoms with van der Waals surface area (Å²) in [4.78, 5) is 0. The van der Waals surface area contributed by atoms with E-state index >= 15 is 0 Å². The predicted octanol–water partition coefficient (Wildman–Crippen LogP) is 3.39.